The third-order valence-corrected chi connectivity index (χ3v) is 3.79. The van der Waals surface area contributed by atoms with Crippen LogP contribution < -0.4 is 16.2 Å². The molecule has 104 valence electrons. The van der Waals surface area contributed by atoms with Crippen LogP contribution in [0.1, 0.15) is 29.6 Å². The summed E-state index contributed by atoms with van der Waals surface area (Å²) in [6.45, 7) is 1.12. The maximum Gasteiger partial charge on any atom is 0.248 e. The van der Waals surface area contributed by atoms with E-state index in [1.54, 1.807) is 0 Å². The van der Waals surface area contributed by atoms with Gasteiger partial charge >= 0.3 is 0 Å². The summed E-state index contributed by atoms with van der Waals surface area (Å²) in [7, 11) is 0. The molecule has 0 bridgehead atoms. The molecular weight excluding hydrogens is 247 g/mol. The first-order valence-corrected chi connectivity index (χ1v) is 6.54. The second kappa shape index (κ2) is 6.02. The van der Waals surface area contributed by atoms with Gasteiger partial charge in [-0.05, 0) is 49.4 Å². The Bertz CT molecular complexity index is 465. The molecule has 19 heavy (non-hydrogen) atoms. The Labute approximate surface area is 111 Å². The molecule has 2 atom stereocenters. The van der Waals surface area contributed by atoms with E-state index in [1.807, 2.05) is 0 Å². The van der Waals surface area contributed by atoms with Crippen molar-refractivity contribution in [3.8, 4) is 5.75 Å². The molecule has 0 saturated heterocycles. The van der Waals surface area contributed by atoms with Crippen LogP contribution in [0.2, 0.25) is 0 Å². The van der Waals surface area contributed by atoms with Gasteiger partial charge in [0.15, 0.2) is 11.6 Å². The Morgan fingerprint density at radius 1 is 1.37 bits per heavy atom. The molecule has 1 aromatic rings. The zero-order valence-electron chi connectivity index (χ0n) is 10.8. The molecule has 1 aliphatic rings. The number of ether oxygens (including phenoxy) is 1. The molecule has 0 heterocycles. The van der Waals surface area contributed by atoms with Crippen LogP contribution in [-0.2, 0) is 0 Å². The van der Waals surface area contributed by atoms with Crippen molar-refractivity contribution in [2.24, 2.45) is 23.3 Å². The molecule has 0 radical (unpaired) electrons. The highest BCUT2D eigenvalue weighted by Gasteiger charge is 2.26. The van der Waals surface area contributed by atoms with Gasteiger partial charge in [0, 0.05) is 5.56 Å². The summed E-state index contributed by atoms with van der Waals surface area (Å²) < 4.78 is 19.2. The van der Waals surface area contributed by atoms with E-state index in [9.17, 15) is 9.18 Å². The standard InChI is InChI=1S/C14H19FN2O2/c15-12-6-9(14(17)18)4-5-13(12)19-8-11-3-1-2-10(11)7-16/h4-6,10-11H,1-3,7-8,16H2,(H2,17,18). The Morgan fingerprint density at radius 2 is 2.11 bits per heavy atom. The van der Waals surface area contributed by atoms with Crippen molar-refractivity contribution in [1.82, 2.24) is 0 Å². The van der Waals surface area contributed by atoms with Crippen molar-refractivity contribution in [3.05, 3.63) is 29.6 Å². The molecule has 5 heteroatoms. The normalized spacial score (nSPS) is 22.4. The van der Waals surface area contributed by atoms with Gasteiger partial charge in [0.25, 0.3) is 0 Å². The molecule has 1 fully saturated rings. The van der Waals surface area contributed by atoms with Crippen LogP contribution in [0.15, 0.2) is 18.2 Å². The average Bonchev–Trinajstić information content (AvgIpc) is 2.84. The average molecular weight is 266 g/mol. The van der Waals surface area contributed by atoms with Crippen LogP contribution in [-0.4, -0.2) is 19.1 Å². The van der Waals surface area contributed by atoms with Crippen LogP contribution in [0.25, 0.3) is 0 Å². The van der Waals surface area contributed by atoms with Crippen molar-refractivity contribution in [1.29, 1.82) is 0 Å². The number of hydrogen-bond acceptors (Lipinski definition) is 3. The fraction of sp³-hybridized carbons (Fsp3) is 0.500. The minimum atomic E-state index is -0.649. The molecule has 4 nitrogen and oxygen atoms in total. The lowest BCUT2D eigenvalue weighted by atomic mass is 9.97. The molecule has 1 aromatic carbocycles. The minimum Gasteiger partial charge on any atom is -0.490 e. The highest BCUT2D eigenvalue weighted by Crippen LogP contribution is 2.31. The lowest BCUT2D eigenvalue weighted by molar-refractivity contribution is 0.0999. The van der Waals surface area contributed by atoms with Gasteiger partial charge in [-0.1, -0.05) is 6.42 Å². The Hall–Kier alpha value is -1.62. The Morgan fingerprint density at radius 3 is 2.74 bits per heavy atom. The highest BCUT2D eigenvalue weighted by atomic mass is 19.1. The summed E-state index contributed by atoms with van der Waals surface area (Å²) in [4.78, 5) is 10.9. The van der Waals surface area contributed by atoms with E-state index in [0.717, 1.165) is 25.3 Å². The van der Waals surface area contributed by atoms with Crippen molar-refractivity contribution < 1.29 is 13.9 Å². The van der Waals surface area contributed by atoms with E-state index < -0.39 is 11.7 Å². The summed E-state index contributed by atoms with van der Waals surface area (Å²) >= 11 is 0. The van der Waals surface area contributed by atoms with Crippen molar-refractivity contribution >= 4 is 5.91 Å². The van der Waals surface area contributed by atoms with E-state index in [2.05, 4.69) is 0 Å². The maximum atomic E-state index is 13.7. The van der Waals surface area contributed by atoms with Crippen LogP contribution in [0.3, 0.4) is 0 Å². The SMILES string of the molecule is NCC1CCCC1COc1ccc(C(N)=O)cc1F. The van der Waals surface area contributed by atoms with Crippen molar-refractivity contribution in [3.63, 3.8) is 0 Å². The van der Waals surface area contributed by atoms with Gasteiger partial charge in [-0.25, -0.2) is 4.39 Å². The molecule has 1 saturated carbocycles. The molecule has 0 aliphatic heterocycles. The number of carbonyl (C=O) groups excluding carboxylic acids is 1. The number of nitrogens with two attached hydrogens (primary N) is 2. The predicted molar refractivity (Wildman–Crippen MR) is 70.3 cm³/mol. The molecule has 0 aromatic heterocycles. The Balaban J connectivity index is 1.98. The number of benzene rings is 1. The van der Waals surface area contributed by atoms with Crippen molar-refractivity contribution in [2.45, 2.75) is 19.3 Å². The summed E-state index contributed by atoms with van der Waals surface area (Å²) in [5.74, 6) is -0.191. The Kier molecular flexibility index (Phi) is 4.37. The quantitative estimate of drug-likeness (QED) is 0.851. The molecule has 4 N–H and O–H groups in total. The van der Waals surface area contributed by atoms with E-state index in [-0.39, 0.29) is 11.3 Å². The second-order valence-electron chi connectivity index (χ2n) is 5.01. The third-order valence-electron chi connectivity index (χ3n) is 3.79. The summed E-state index contributed by atoms with van der Waals surface area (Å²) in [5, 5.41) is 0. The smallest absolute Gasteiger partial charge is 0.248 e. The number of primary amides is 1. The lowest BCUT2D eigenvalue weighted by Gasteiger charge is -2.18. The number of amides is 1. The predicted octanol–water partition coefficient (Wildman–Crippen LogP) is 1.68. The zero-order chi connectivity index (χ0) is 13.8. The van der Waals surface area contributed by atoms with Gasteiger partial charge < -0.3 is 16.2 Å². The van der Waals surface area contributed by atoms with E-state index in [4.69, 9.17) is 16.2 Å². The van der Waals surface area contributed by atoms with Gasteiger partial charge in [0.2, 0.25) is 5.91 Å². The molecule has 1 aliphatic carbocycles. The van der Waals surface area contributed by atoms with E-state index in [1.165, 1.54) is 12.1 Å². The minimum absolute atomic E-state index is 0.144. The third kappa shape index (κ3) is 3.23. The fourth-order valence-corrected chi connectivity index (χ4v) is 2.61. The van der Waals surface area contributed by atoms with E-state index >= 15 is 0 Å². The molecular formula is C14H19FN2O2. The van der Waals surface area contributed by atoms with Gasteiger partial charge in [-0.2, -0.15) is 0 Å². The van der Waals surface area contributed by atoms with E-state index in [0.29, 0.717) is 25.0 Å². The zero-order valence-corrected chi connectivity index (χ0v) is 10.8. The van der Waals surface area contributed by atoms with Crippen LogP contribution >= 0.6 is 0 Å². The monoisotopic (exact) mass is 266 g/mol. The molecule has 1 amide bonds. The van der Waals surface area contributed by atoms with Gasteiger partial charge in [-0.15, -0.1) is 0 Å². The largest absolute Gasteiger partial charge is 0.490 e. The molecule has 0 spiro atoms. The van der Waals surface area contributed by atoms with Crippen LogP contribution in [0, 0.1) is 17.7 Å². The topological polar surface area (TPSA) is 78.3 Å². The fourth-order valence-electron chi connectivity index (χ4n) is 2.61. The lowest BCUT2D eigenvalue weighted by Crippen LogP contribution is -2.23. The van der Waals surface area contributed by atoms with Gasteiger partial charge in [0.05, 0.1) is 6.61 Å². The number of halogens is 1. The number of carbonyl (C=O) groups is 1. The van der Waals surface area contributed by atoms with Crippen LogP contribution in [0.4, 0.5) is 4.39 Å². The summed E-state index contributed by atoms with van der Waals surface area (Å²) in [6.07, 6.45) is 3.34. The first kappa shape index (κ1) is 13.8. The van der Waals surface area contributed by atoms with Crippen LogP contribution in [0.5, 0.6) is 5.75 Å². The first-order chi connectivity index (χ1) is 9.11. The number of hydrogen-bond donors (Lipinski definition) is 2. The van der Waals surface area contributed by atoms with Gasteiger partial charge in [0.1, 0.15) is 0 Å². The summed E-state index contributed by atoms with van der Waals surface area (Å²) in [6, 6.07) is 4.02. The molecule has 2 unspecified atom stereocenters. The second-order valence-corrected chi connectivity index (χ2v) is 5.01. The van der Waals surface area contributed by atoms with Crippen molar-refractivity contribution in [2.75, 3.05) is 13.2 Å². The highest BCUT2D eigenvalue weighted by molar-refractivity contribution is 5.92. The number of rotatable bonds is 5. The first-order valence-electron chi connectivity index (χ1n) is 6.54. The summed E-state index contributed by atoms with van der Waals surface area (Å²) in [5.41, 5.74) is 10.9. The molecule has 2 rings (SSSR count). The maximum absolute atomic E-state index is 13.7. The van der Waals surface area contributed by atoms with Gasteiger partial charge in [-0.3, -0.25) is 4.79 Å².